The Bertz CT molecular complexity index is 2650. The van der Waals surface area contributed by atoms with Crippen LogP contribution in [-0.4, -0.2) is 9.97 Å². The van der Waals surface area contributed by atoms with E-state index in [1.165, 1.54) is 44.2 Å². The number of aromatic nitrogens is 2. The molecule has 1 aliphatic carbocycles. The summed E-state index contributed by atoms with van der Waals surface area (Å²) in [4.78, 5) is 10.2. The highest BCUT2D eigenvalue weighted by molar-refractivity contribution is 5.98. The van der Waals surface area contributed by atoms with Crippen LogP contribution in [0.3, 0.4) is 0 Å². The Morgan fingerprint density at radius 2 is 1.04 bits per heavy atom. The van der Waals surface area contributed by atoms with E-state index >= 15 is 0 Å². The second-order valence-electron chi connectivity index (χ2n) is 13.7. The van der Waals surface area contributed by atoms with Crippen LogP contribution in [0.1, 0.15) is 30.5 Å². The van der Waals surface area contributed by atoms with Crippen molar-refractivity contribution in [2.75, 3.05) is 0 Å². The lowest BCUT2D eigenvalue weighted by atomic mass is 9.81. The van der Waals surface area contributed by atoms with Gasteiger partial charge in [0.05, 0.1) is 23.0 Å². The zero-order valence-electron chi connectivity index (χ0n) is 28.4. The van der Waals surface area contributed by atoms with Crippen molar-refractivity contribution in [3.63, 3.8) is 0 Å². The molecule has 0 radical (unpaired) electrons. The zero-order chi connectivity index (χ0) is 34.5. The first-order valence-electron chi connectivity index (χ1n) is 17.3. The van der Waals surface area contributed by atoms with Crippen molar-refractivity contribution in [3.05, 3.63) is 180 Å². The van der Waals surface area contributed by atoms with E-state index in [1.807, 2.05) is 54.6 Å². The summed E-state index contributed by atoms with van der Waals surface area (Å²) in [6.07, 6.45) is 0. The van der Waals surface area contributed by atoms with Gasteiger partial charge < -0.3 is 0 Å². The lowest BCUT2D eigenvalue weighted by Gasteiger charge is -2.22. The van der Waals surface area contributed by atoms with Gasteiger partial charge in [0.2, 0.25) is 0 Å². The summed E-state index contributed by atoms with van der Waals surface area (Å²) >= 11 is 0. The van der Waals surface area contributed by atoms with Gasteiger partial charge in [0.15, 0.2) is 5.82 Å². The van der Waals surface area contributed by atoms with Crippen LogP contribution in [0.2, 0.25) is 0 Å². The molecule has 0 unspecified atom stereocenters. The highest BCUT2D eigenvalue weighted by Gasteiger charge is 2.37. The second kappa shape index (κ2) is 12.1. The fourth-order valence-corrected chi connectivity index (χ4v) is 7.67. The molecule has 1 aromatic heterocycles. The van der Waals surface area contributed by atoms with Gasteiger partial charge in [-0.15, -0.1) is 0 Å². The first kappa shape index (κ1) is 30.4. The number of nitriles is 1. The standard InChI is InChI=1S/C48H33N3/c1-48(2)42-18-10-17-39(46(42)41-27-36-13-6-7-14-37(36)28-43(41)48)33-23-25-34(26-24-33)44-29-45(51-47(50-44)35-11-4-3-5-12-35)40-16-9-8-15-38(40)32-21-19-31(30-49)20-22-32/h3-29H,1-2H3. The maximum absolute atomic E-state index is 9.36. The van der Waals surface area contributed by atoms with Crippen LogP contribution in [0.4, 0.5) is 0 Å². The maximum atomic E-state index is 9.36. The van der Waals surface area contributed by atoms with Gasteiger partial charge in [0, 0.05) is 22.1 Å². The van der Waals surface area contributed by atoms with E-state index < -0.39 is 0 Å². The molecule has 0 amide bonds. The predicted molar refractivity (Wildman–Crippen MR) is 209 cm³/mol. The number of hydrogen-bond donors (Lipinski definition) is 0. The van der Waals surface area contributed by atoms with Crippen molar-refractivity contribution in [1.82, 2.24) is 9.97 Å². The number of nitrogens with zero attached hydrogens (tertiary/aromatic N) is 3. The van der Waals surface area contributed by atoms with E-state index in [9.17, 15) is 5.26 Å². The van der Waals surface area contributed by atoms with Gasteiger partial charge in [-0.2, -0.15) is 5.26 Å². The summed E-state index contributed by atoms with van der Waals surface area (Å²) in [7, 11) is 0. The highest BCUT2D eigenvalue weighted by Crippen LogP contribution is 2.53. The first-order chi connectivity index (χ1) is 25.0. The molecule has 240 valence electrons. The third kappa shape index (κ3) is 5.21. The summed E-state index contributed by atoms with van der Waals surface area (Å²) in [6.45, 7) is 4.69. The van der Waals surface area contributed by atoms with Crippen molar-refractivity contribution in [2.45, 2.75) is 19.3 Å². The molecule has 3 heteroatoms. The molecular formula is C48H33N3. The minimum atomic E-state index is -0.0934. The van der Waals surface area contributed by atoms with Gasteiger partial charge in [0.1, 0.15) is 0 Å². The van der Waals surface area contributed by atoms with E-state index in [4.69, 9.17) is 9.97 Å². The molecular weight excluding hydrogens is 619 g/mol. The molecule has 0 N–H and O–H groups in total. The van der Waals surface area contributed by atoms with Crippen LogP contribution in [0.15, 0.2) is 164 Å². The quantitative estimate of drug-likeness (QED) is 0.186. The predicted octanol–water partition coefficient (Wildman–Crippen LogP) is 12.1. The topological polar surface area (TPSA) is 49.6 Å². The molecule has 0 saturated carbocycles. The summed E-state index contributed by atoms with van der Waals surface area (Å²) in [6, 6.07) is 59.5. The molecule has 0 aliphatic heterocycles. The lowest BCUT2D eigenvalue weighted by Crippen LogP contribution is -2.14. The fourth-order valence-electron chi connectivity index (χ4n) is 7.67. The maximum Gasteiger partial charge on any atom is 0.160 e. The molecule has 1 aliphatic rings. The Balaban J connectivity index is 1.16. The number of fused-ring (bicyclic) bond motifs is 4. The third-order valence-corrected chi connectivity index (χ3v) is 10.3. The highest BCUT2D eigenvalue weighted by atomic mass is 14.9. The molecule has 0 saturated heterocycles. The SMILES string of the molecule is CC1(C)c2cc3ccccc3cc2-c2c(-c3ccc(-c4cc(-c5ccccc5-c5ccc(C#N)cc5)nc(-c5ccccc5)n4)cc3)cccc21. The van der Waals surface area contributed by atoms with Crippen LogP contribution < -0.4 is 0 Å². The Morgan fingerprint density at radius 3 is 1.78 bits per heavy atom. The first-order valence-corrected chi connectivity index (χ1v) is 17.3. The average molecular weight is 652 g/mol. The van der Waals surface area contributed by atoms with E-state index in [2.05, 4.69) is 129 Å². The van der Waals surface area contributed by atoms with E-state index in [1.54, 1.807) is 0 Å². The van der Waals surface area contributed by atoms with Gasteiger partial charge in [-0.3, -0.25) is 0 Å². The number of rotatable bonds is 5. The van der Waals surface area contributed by atoms with Gasteiger partial charge in [-0.05, 0) is 85.6 Å². The molecule has 0 atom stereocenters. The molecule has 8 aromatic rings. The molecule has 7 aromatic carbocycles. The second-order valence-corrected chi connectivity index (χ2v) is 13.7. The monoisotopic (exact) mass is 651 g/mol. The number of benzene rings is 7. The van der Waals surface area contributed by atoms with Crippen molar-refractivity contribution >= 4 is 10.8 Å². The average Bonchev–Trinajstić information content (AvgIpc) is 3.42. The van der Waals surface area contributed by atoms with E-state index in [-0.39, 0.29) is 5.41 Å². The molecule has 9 rings (SSSR count). The van der Waals surface area contributed by atoms with Gasteiger partial charge in [-0.1, -0.05) is 147 Å². The van der Waals surface area contributed by atoms with Crippen molar-refractivity contribution in [1.29, 1.82) is 5.26 Å². The van der Waals surface area contributed by atoms with Crippen LogP contribution in [0, 0.1) is 11.3 Å². The molecule has 1 heterocycles. The van der Waals surface area contributed by atoms with E-state index in [0.717, 1.165) is 39.2 Å². The Labute approximate surface area is 298 Å². The lowest BCUT2D eigenvalue weighted by molar-refractivity contribution is 0.661. The van der Waals surface area contributed by atoms with Crippen LogP contribution >= 0.6 is 0 Å². The summed E-state index contributed by atoms with van der Waals surface area (Å²) in [5.74, 6) is 0.675. The molecule has 3 nitrogen and oxygen atoms in total. The van der Waals surface area contributed by atoms with Gasteiger partial charge in [-0.25, -0.2) is 9.97 Å². The van der Waals surface area contributed by atoms with Crippen molar-refractivity contribution < 1.29 is 0 Å². The molecule has 0 bridgehead atoms. The minimum absolute atomic E-state index is 0.0934. The summed E-state index contributed by atoms with van der Waals surface area (Å²) in [5.41, 5.74) is 15.1. The molecule has 51 heavy (non-hydrogen) atoms. The Morgan fingerprint density at radius 1 is 0.451 bits per heavy atom. The van der Waals surface area contributed by atoms with Gasteiger partial charge in [0.25, 0.3) is 0 Å². The Hall–Kier alpha value is -6.63. The van der Waals surface area contributed by atoms with E-state index in [0.29, 0.717) is 11.4 Å². The third-order valence-electron chi connectivity index (χ3n) is 10.3. The van der Waals surface area contributed by atoms with Crippen LogP contribution in [0.25, 0.3) is 78.1 Å². The molecule has 0 spiro atoms. The zero-order valence-corrected chi connectivity index (χ0v) is 28.4. The Kier molecular flexibility index (Phi) is 7.19. The van der Waals surface area contributed by atoms with Crippen LogP contribution in [-0.2, 0) is 5.41 Å². The van der Waals surface area contributed by atoms with Crippen LogP contribution in [0.5, 0.6) is 0 Å². The fraction of sp³-hybridized carbons (Fsp3) is 0.0625. The summed E-state index contributed by atoms with van der Waals surface area (Å²) in [5, 5.41) is 11.9. The molecule has 0 fully saturated rings. The summed E-state index contributed by atoms with van der Waals surface area (Å²) < 4.78 is 0. The minimum Gasteiger partial charge on any atom is -0.228 e. The van der Waals surface area contributed by atoms with Crippen molar-refractivity contribution in [3.8, 4) is 73.4 Å². The normalized spacial score (nSPS) is 12.6. The largest absolute Gasteiger partial charge is 0.228 e. The number of hydrogen-bond acceptors (Lipinski definition) is 3. The smallest absolute Gasteiger partial charge is 0.160 e. The van der Waals surface area contributed by atoms with Gasteiger partial charge >= 0.3 is 0 Å². The van der Waals surface area contributed by atoms with Crippen molar-refractivity contribution in [2.24, 2.45) is 0 Å².